The molecule has 3 N–H and O–H groups in total. The standard InChI is InChI=1S/C11H14O5/c1-4-16-10-6(3)5(2)8(12)9(13)7(10)11(14)15/h12-13H,4H2,1-3H3,(H,14,15). The first kappa shape index (κ1) is 12.2. The fraction of sp³-hybridized carbons (Fsp3) is 0.364. The maximum atomic E-state index is 11.0. The van der Waals surface area contributed by atoms with E-state index in [9.17, 15) is 15.0 Å². The average Bonchev–Trinajstić information content (AvgIpc) is 2.23. The molecule has 0 spiro atoms. The predicted octanol–water partition coefficient (Wildman–Crippen LogP) is 1.81. The van der Waals surface area contributed by atoms with Crippen molar-refractivity contribution in [2.45, 2.75) is 20.8 Å². The molecule has 0 radical (unpaired) electrons. The van der Waals surface area contributed by atoms with Crippen LogP contribution < -0.4 is 4.74 Å². The van der Waals surface area contributed by atoms with Gasteiger partial charge in [-0.05, 0) is 26.3 Å². The van der Waals surface area contributed by atoms with Crippen molar-refractivity contribution in [1.82, 2.24) is 0 Å². The summed E-state index contributed by atoms with van der Waals surface area (Å²) >= 11 is 0. The van der Waals surface area contributed by atoms with Crippen LogP contribution in [-0.4, -0.2) is 27.9 Å². The van der Waals surface area contributed by atoms with Gasteiger partial charge < -0.3 is 20.1 Å². The van der Waals surface area contributed by atoms with Gasteiger partial charge in [0.2, 0.25) is 0 Å². The number of benzene rings is 1. The molecule has 0 saturated heterocycles. The minimum Gasteiger partial charge on any atom is -0.504 e. The Morgan fingerprint density at radius 2 is 1.75 bits per heavy atom. The summed E-state index contributed by atoms with van der Waals surface area (Å²) in [4.78, 5) is 11.0. The molecule has 0 heterocycles. The number of phenols is 2. The van der Waals surface area contributed by atoms with Crippen LogP contribution in [0, 0.1) is 13.8 Å². The molecule has 0 amide bonds. The van der Waals surface area contributed by atoms with E-state index in [0.717, 1.165) is 0 Å². The highest BCUT2D eigenvalue weighted by molar-refractivity contribution is 5.96. The lowest BCUT2D eigenvalue weighted by atomic mass is 10.0. The number of rotatable bonds is 3. The second-order valence-electron chi connectivity index (χ2n) is 3.39. The number of aromatic carboxylic acids is 1. The summed E-state index contributed by atoms with van der Waals surface area (Å²) in [7, 11) is 0. The number of phenolic OH excluding ortho intramolecular Hbond substituents is 1. The monoisotopic (exact) mass is 226 g/mol. The molecule has 0 aliphatic rings. The summed E-state index contributed by atoms with van der Waals surface area (Å²) in [5.74, 6) is -2.31. The smallest absolute Gasteiger partial charge is 0.343 e. The summed E-state index contributed by atoms with van der Waals surface area (Å²) in [6.45, 7) is 5.21. The van der Waals surface area contributed by atoms with E-state index < -0.39 is 23.0 Å². The highest BCUT2D eigenvalue weighted by Crippen LogP contribution is 2.42. The van der Waals surface area contributed by atoms with Crippen LogP contribution in [0.3, 0.4) is 0 Å². The number of hydrogen-bond acceptors (Lipinski definition) is 4. The first-order valence-corrected chi connectivity index (χ1v) is 4.82. The summed E-state index contributed by atoms with van der Waals surface area (Å²) in [6, 6.07) is 0. The topological polar surface area (TPSA) is 87.0 Å². The highest BCUT2D eigenvalue weighted by atomic mass is 16.5. The molecule has 0 aromatic heterocycles. The van der Waals surface area contributed by atoms with Crippen molar-refractivity contribution in [2.24, 2.45) is 0 Å². The molecule has 1 aromatic carbocycles. The molecule has 0 saturated carbocycles. The maximum Gasteiger partial charge on any atom is 0.343 e. The van der Waals surface area contributed by atoms with Crippen LogP contribution in [0.2, 0.25) is 0 Å². The Morgan fingerprint density at radius 3 is 2.19 bits per heavy atom. The summed E-state index contributed by atoms with van der Waals surface area (Å²) in [5, 5.41) is 28.1. The molecule has 0 fully saturated rings. The molecule has 1 rings (SSSR count). The Bertz CT molecular complexity index is 437. The van der Waals surface area contributed by atoms with Crippen LogP contribution in [0.1, 0.15) is 28.4 Å². The molecule has 0 aliphatic heterocycles. The van der Waals surface area contributed by atoms with Crippen LogP contribution in [0.15, 0.2) is 0 Å². The molecule has 5 nitrogen and oxygen atoms in total. The normalized spacial score (nSPS) is 10.2. The number of carboxylic acid groups (broad SMARTS) is 1. The van der Waals surface area contributed by atoms with Gasteiger partial charge in [-0.2, -0.15) is 0 Å². The number of aromatic hydroxyl groups is 2. The van der Waals surface area contributed by atoms with E-state index in [2.05, 4.69) is 0 Å². The summed E-state index contributed by atoms with van der Waals surface area (Å²) < 4.78 is 5.19. The average molecular weight is 226 g/mol. The van der Waals surface area contributed by atoms with Gasteiger partial charge in [-0.1, -0.05) is 0 Å². The second-order valence-corrected chi connectivity index (χ2v) is 3.39. The number of carbonyl (C=O) groups is 1. The van der Waals surface area contributed by atoms with E-state index in [0.29, 0.717) is 11.1 Å². The fourth-order valence-corrected chi connectivity index (χ4v) is 1.46. The Balaban J connectivity index is 3.61. The number of ether oxygens (including phenoxy) is 1. The van der Waals surface area contributed by atoms with E-state index in [1.54, 1.807) is 20.8 Å². The van der Waals surface area contributed by atoms with Crippen molar-refractivity contribution < 1.29 is 24.9 Å². The maximum absolute atomic E-state index is 11.0. The third-order valence-electron chi connectivity index (χ3n) is 2.45. The van der Waals surface area contributed by atoms with E-state index >= 15 is 0 Å². The molecular weight excluding hydrogens is 212 g/mol. The summed E-state index contributed by atoms with van der Waals surface area (Å²) in [5.41, 5.74) is 0.517. The summed E-state index contributed by atoms with van der Waals surface area (Å²) in [6.07, 6.45) is 0. The largest absolute Gasteiger partial charge is 0.504 e. The predicted molar refractivity (Wildman–Crippen MR) is 57.4 cm³/mol. The number of hydrogen-bond donors (Lipinski definition) is 3. The molecule has 0 unspecified atom stereocenters. The first-order valence-electron chi connectivity index (χ1n) is 4.82. The third-order valence-corrected chi connectivity index (χ3v) is 2.45. The minimum atomic E-state index is -1.33. The van der Waals surface area contributed by atoms with Gasteiger partial charge in [0.25, 0.3) is 0 Å². The van der Waals surface area contributed by atoms with Gasteiger partial charge >= 0.3 is 5.97 Å². The fourth-order valence-electron chi connectivity index (χ4n) is 1.46. The van der Waals surface area contributed by atoms with Crippen molar-refractivity contribution in [3.8, 4) is 17.2 Å². The minimum absolute atomic E-state index is 0.0998. The Labute approximate surface area is 92.9 Å². The molecule has 5 heteroatoms. The van der Waals surface area contributed by atoms with Crippen LogP contribution in [0.4, 0.5) is 0 Å². The molecule has 16 heavy (non-hydrogen) atoms. The first-order chi connectivity index (χ1) is 7.41. The van der Waals surface area contributed by atoms with E-state index in [-0.39, 0.29) is 12.4 Å². The quantitative estimate of drug-likeness (QED) is 0.684. The van der Waals surface area contributed by atoms with E-state index in [4.69, 9.17) is 9.84 Å². The molecule has 88 valence electrons. The lowest BCUT2D eigenvalue weighted by molar-refractivity contribution is 0.0688. The van der Waals surface area contributed by atoms with Gasteiger partial charge in [0.15, 0.2) is 11.5 Å². The van der Waals surface area contributed by atoms with Crippen molar-refractivity contribution in [2.75, 3.05) is 6.61 Å². The number of carboxylic acids is 1. The van der Waals surface area contributed by atoms with Gasteiger partial charge in [-0.3, -0.25) is 0 Å². The van der Waals surface area contributed by atoms with Gasteiger partial charge in [0, 0.05) is 5.56 Å². The van der Waals surface area contributed by atoms with Crippen LogP contribution in [0.25, 0.3) is 0 Å². The molecule has 1 aromatic rings. The lowest BCUT2D eigenvalue weighted by Crippen LogP contribution is -2.06. The van der Waals surface area contributed by atoms with Crippen molar-refractivity contribution >= 4 is 5.97 Å². The van der Waals surface area contributed by atoms with Gasteiger partial charge in [-0.15, -0.1) is 0 Å². The van der Waals surface area contributed by atoms with Crippen LogP contribution in [0.5, 0.6) is 17.2 Å². The molecule has 0 bridgehead atoms. The third kappa shape index (κ3) is 1.76. The van der Waals surface area contributed by atoms with Crippen molar-refractivity contribution in [1.29, 1.82) is 0 Å². The molecule has 0 aliphatic carbocycles. The van der Waals surface area contributed by atoms with Crippen LogP contribution in [-0.2, 0) is 0 Å². The van der Waals surface area contributed by atoms with Crippen LogP contribution >= 0.6 is 0 Å². The van der Waals surface area contributed by atoms with Gasteiger partial charge in [0.1, 0.15) is 11.3 Å². The zero-order valence-corrected chi connectivity index (χ0v) is 9.37. The van der Waals surface area contributed by atoms with Crippen molar-refractivity contribution in [3.63, 3.8) is 0 Å². The van der Waals surface area contributed by atoms with E-state index in [1.807, 2.05) is 0 Å². The van der Waals surface area contributed by atoms with E-state index in [1.165, 1.54) is 0 Å². The Kier molecular flexibility index (Phi) is 3.27. The zero-order valence-electron chi connectivity index (χ0n) is 9.37. The lowest BCUT2D eigenvalue weighted by Gasteiger charge is -2.15. The Morgan fingerprint density at radius 1 is 1.19 bits per heavy atom. The van der Waals surface area contributed by atoms with Crippen molar-refractivity contribution in [3.05, 3.63) is 16.7 Å². The Hall–Kier alpha value is -1.91. The molecule has 0 atom stereocenters. The van der Waals surface area contributed by atoms with Gasteiger partial charge in [0.05, 0.1) is 6.61 Å². The second kappa shape index (κ2) is 4.30. The molecular formula is C11H14O5. The highest BCUT2D eigenvalue weighted by Gasteiger charge is 2.24. The van der Waals surface area contributed by atoms with Gasteiger partial charge in [-0.25, -0.2) is 4.79 Å². The zero-order chi connectivity index (χ0) is 12.5. The SMILES string of the molecule is CCOc1c(C)c(C)c(O)c(O)c1C(=O)O.